The van der Waals surface area contributed by atoms with Gasteiger partial charge in [-0.2, -0.15) is 0 Å². The average molecular weight is 278 g/mol. The van der Waals surface area contributed by atoms with E-state index < -0.39 is 0 Å². The van der Waals surface area contributed by atoms with Crippen molar-refractivity contribution in [3.63, 3.8) is 0 Å². The summed E-state index contributed by atoms with van der Waals surface area (Å²) in [4.78, 5) is 6.92. The van der Waals surface area contributed by atoms with Gasteiger partial charge in [0, 0.05) is 31.9 Å². The van der Waals surface area contributed by atoms with Crippen molar-refractivity contribution in [2.45, 2.75) is 59.2 Å². The maximum atomic E-state index is 4.26. The van der Waals surface area contributed by atoms with E-state index in [4.69, 9.17) is 0 Å². The van der Waals surface area contributed by atoms with E-state index in [1.807, 2.05) is 12.5 Å². The zero-order chi connectivity index (χ0) is 14.4. The van der Waals surface area contributed by atoms with Gasteiger partial charge in [0.1, 0.15) is 0 Å². The molecule has 1 N–H and O–H groups in total. The van der Waals surface area contributed by atoms with E-state index in [1.54, 1.807) is 0 Å². The van der Waals surface area contributed by atoms with E-state index in [1.165, 1.54) is 31.6 Å². The van der Waals surface area contributed by atoms with Gasteiger partial charge in [0.25, 0.3) is 0 Å². The van der Waals surface area contributed by atoms with E-state index in [2.05, 4.69) is 40.5 Å². The molecule has 0 aliphatic carbocycles. The normalized spacial score (nSPS) is 18.0. The molecular weight excluding hydrogens is 248 g/mol. The van der Waals surface area contributed by atoms with E-state index in [0.29, 0.717) is 12.0 Å². The number of aromatic nitrogens is 2. The third-order valence-electron chi connectivity index (χ3n) is 4.30. The Balaban J connectivity index is 1.82. The van der Waals surface area contributed by atoms with Crippen molar-refractivity contribution in [3.05, 3.63) is 18.2 Å². The second-order valence-corrected chi connectivity index (χ2v) is 6.26. The lowest BCUT2D eigenvalue weighted by molar-refractivity contribution is 0.186. The Morgan fingerprint density at radius 1 is 1.30 bits per heavy atom. The van der Waals surface area contributed by atoms with Gasteiger partial charge in [-0.3, -0.25) is 4.90 Å². The number of imidazole rings is 1. The van der Waals surface area contributed by atoms with Crippen molar-refractivity contribution in [3.8, 4) is 0 Å². The highest BCUT2D eigenvalue weighted by Gasteiger charge is 2.24. The fourth-order valence-electron chi connectivity index (χ4n) is 3.15. The molecule has 1 aliphatic rings. The smallest absolute Gasteiger partial charge is 0.0948 e. The zero-order valence-corrected chi connectivity index (χ0v) is 13.3. The summed E-state index contributed by atoms with van der Waals surface area (Å²) in [7, 11) is 0. The molecule has 0 saturated carbocycles. The number of hydrogen-bond donors (Lipinski definition) is 1. The zero-order valence-electron chi connectivity index (χ0n) is 13.3. The largest absolute Gasteiger partial charge is 0.333 e. The SMILES string of the molecule is CCCn1cncc1CNCC(C(C)C)N1CCCC1. The molecule has 4 nitrogen and oxygen atoms in total. The lowest BCUT2D eigenvalue weighted by atomic mass is 10.0. The molecule has 4 heteroatoms. The molecule has 0 spiro atoms. The van der Waals surface area contributed by atoms with Crippen LogP contribution in [0.5, 0.6) is 0 Å². The van der Waals surface area contributed by atoms with E-state index in [-0.39, 0.29) is 0 Å². The van der Waals surface area contributed by atoms with Crippen molar-refractivity contribution in [1.82, 2.24) is 19.8 Å². The van der Waals surface area contributed by atoms with Gasteiger partial charge in [0.2, 0.25) is 0 Å². The third kappa shape index (κ3) is 4.06. The van der Waals surface area contributed by atoms with Crippen molar-refractivity contribution < 1.29 is 0 Å². The molecule has 0 amide bonds. The predicted octanol–water partition coefficient (Wildman–Crippen LogP) is 2.50. The van der Waals surface area contributed by atoms with Gasteiger partial charge in [-0.1, -0.05) is 20.8 Å². The van der Waals surface area contributed by atoms with E-state index >= 15 is 0 Å². The summed E-state index contributed by atoms with van der Waals surface area (Å²) in [5.41, 5.74) is 1.30. The monoisotopic (exact) mass is 278 g/mol. The highest BCUT2D eigenvalue weighted by atomic mass is 15.2. The van der Waals surface area contributed by atoms with Gasteiger partial charge < -0.3 is 9.88 Å². The molecular formula is C16H30N4. The van der Waals surface area contributed by atoms with Gasteiger partial charge in [0.15, 0.2) is 0 Å². The lowest BCUT2D eigenvalue weighted by Gasteiger charge is -2.31. The summed E-state index contributed by atoms with van der Waals surface area (Å²) in [6, 6.07) is 0.667. The maximum absolute atomic E-state index is 4.26. The number of nitrogens with zero attached hydrogens (tertiary/aromatic N) is 3. The minimum atomic E-state index is 0.667. The molecule has 1 fully saturated rings. The van der Waals surface area contributed by atoms with Gasteiger partial charge in [0.05, 0.1) is 12.0 Å². The van der Waals surface area contributed by atoms with Gasteiger partial charge in [-0.05, 0) is 38.3 Å². The first kappa shape index (κ1) is 15.5. The molecule has 0 radical (unpaired) electrons. The molecule has 2 rings (SSSR count). The van der Waals surface area contributed by atoms with Crippen LogP contribution in [0.1, 0.15) is 45.7 Å². The molecule has 0 aromatic carbocycles. The van der Waals surface area contributed by atoms with Crippen LogP contribution in [0, 0.1) is 5.92 Å². The summed E-state index contributed by atoms with van der Waals surface area (Å²) in [6.07, 6.45) is 7.83. The Bertz CT molecular complexity index is 380. The Morgan fingerprint density at radius 2 is 2.05 bits per heavy atom. The van der Waals surface area contributed by atoms with Crippen LogP contribution in [-0.4, -0.2) is 40.1 Å². The first-order valence-corrected chi connectivity index (χ1v) is 8.16. The van der Waals surface area contributed by atoms with E-state index in [0.717, 1.165) is 26.1 Å². The van der Waals surface area contributed by atoms with Gasteiger partial charge in [-0.25, -0.2) is 4.98 Å². The van der Waals surface area contributed by atoms with Crippen molar-refractivity contribution in [2.75, 3.05) is 19.6 Å². The van der Waals surface area contributed by atoms with Gasteiger partial charge in [-0.15, -0.1) is 0 Å². The summed E-state index contributed by atoms with van der Waals surface area (Å²) >= 11 is 0. The fraction of sp³-hybridized carbons (Fsp3) is 0.812. The lowest BCUT2D eigenvalue weighted by Crippen LogP contribution is -2.44. The number of rotatable bonds is 8. The number of nitrogens with one attached hydrogen (secondary N) is 1. The molecule has 1 aromatic rings. The van der Waals surface area contributed by atoms with Crippen LogP contribution in [0.2, 0.25) is 0 Å². The first-order chi connectivity index (χ1) is 9.72. The molecule has 0 bridgehead atoms. The number of aryl methyl sites for hydroxylation is 1. The van der Waals surface area contributed by atoms with Crippen LogP contribution in [0.25, 0.3) is 0 Å². The minimum Gasteiger partial charge on any atom is -0.333 e. The number of likely N-dealkylation sites (tertiary alicyclic amines) is 1. The Morgan fingerprint density at radius 3 is 2.70 bits per heavy atom. The summed E-state index contributed by atoms with van der Waals surface area (Å²) < 4.78 is 2.26. The summed E-state index contributed by atoms with van der Waals surface area (Å²) in [5.74, 6) is 0.709. The van der Waals surface area contributed by atoms with Crippen molar-refractivity contribution in [2.24, 2.45) is 5.92 Å². The Labute approximate surface area is 123 Å². The quantitative estimate of drug-likeness (QED) is 0.793. The van der Waals surface area contributed by atoms with E-state index in [9.17, 15) is 0 Å². The average Bonchev–Trinajstić information content (AvgIpc) is 3.06. The highest BCUT2D eigenvalue weighted by molar-refractivity contribution is 4.98. The number of hydrogen-bond acceptors (Lipinski definition) is 3. The molecule has 2 heterocycles. The minimum absolute atomic E-state index is 0.667. The summed E-state index contributed by atoms with van der Waals surface area (Å²) in [6.45, 7) is 12.5. The van der Waals surface area contributed by atoms with Crippen LogP contribution in [0.3, 0.4) is 0 Å². The second kappa shape index (κ2) is 7.79. The van der Waals surface area contributed by atoms with Gasteiger partial charge >= 0.3 is 0 Å². The van der Waals surface area contributed by atoms with Crippen LogP contribution < -0.4 is 5.32 Å². The fourth-order valence-corrected chi connectivity index (χ4v) is 3.15. The molecule has 1 aromatic heterocycles. The molecule has 1 aliphatic heterocycles. The van der Waals surface area contributed by atoms with Crippen molar-refractivity contribution >= 4 is 0 Å². The summed E-state index contributed by atoms with van der Waals surface area (Å²) in [5, 5.41) is 3.64. The standard InChI is InChI=1S/C16H30N4/c1-4-7-20-13-18-11-15(20)10-17-12-16(14(2)3)19-8-5-6-9-19/h11,13-14,16-17H,4-10,12H2,1-3H3. The van der Waals surface area contributed by atoms with Crippen molar-refractivity contribution in [1.29, 1.82) is 0 Å². The second-order valence-electron chi connectivity index (χ2n) is 6.26. The Hall–Kier alpha value is -0.870. The predicted molar refractivity (Wildman–Crippen MR) is 83.7 cm³/mol. The Kier molecular flexibility index (Phi) is 6.05. The third-order valence-corrected chi connectivity index (χ3v) is 4.30. The van der Waals surface area contributed by atoms with Crippen LogP contribution >= 0.6 is 0 Å². The topological polar surface area (TPSA) is 33.1 Å². The van der Waals surface area contributed by atoms with Crippen LogP contribution in [-0.2, 0) is 13.1 Å². The molecule has 1 unspecified atom stereocenters. The molecule has 1 atom stereocenters. The van der Waals surface area contributed by atoms with Crippen LogP contribution in [0.4, 0.5) is 0 Å². The molecule has 114 valence electrons. The molecule has 1 saturated heterocycles. The highest BCUT2D eigenvalue weighted by Crippen LogP contribution is 2.17. The molecule has 20 heavy (non-hydrogen) atoms. The first-order valence-electron chi connectivity index (χ1n) is 8.16. The maximum Gasteiger partial charge on any atom is 0.0948 e. The van der Waals surface area contributed by atoms with Crippen LogP contribution in [0.15, 0.2) is 12.5 Å².